The lowest BCUT2D eigenvalue weighted by atomic mass is 9.82. The van der Waals surface area contributed by atoms with Crippen molar-refractivity contribution in [3.05, 3.63) is 51.7 Å². The Bertz CT molecular complexity index is 817. The van der Waals surface area contributed by atoms with Crippen molar-refractivity contribution in [2.24, 2.45) is 5.73 Å². The van der Waals surface area contributed by atoms with E-state index in [2.05, 4.69) is 21.2 Å². The van der Waals surface area contributed by atoms with Gasteiger partial charge in [-0.1, -0.05) is 15.9 Å². The van der Waals surface area contributed by atoms with Crippen LogP contribution in [0.2, 0.25) is 0 Å². The smallest absolute Gasteiger partial charge is 0.169 e. The number of hydrogen-bond acceptors (Lipinski definition) is 5. The molecule has 1 unspecified atom stereocenters. The average molecular weight is 395 g/mol. The number of hydrogen-bond donors (Lipinski definition) is 2. The van der Waals surface area contributed by atoms with Crippen LogP contribution in [0.15, 0.2) is 34.8 Å². The van der Waals surface area contributed by atoms with Gasteiger partial charge in [0.15, 0.2) is 11.6 Å². The van der Waals surface area contributed by atoms with Crippen LogP contribution in [-0.4, -0.2) is 26.4 Å². The predicted octanol–water partition coefficient (Wildman–Crippen LogP) is 2.85. The Morgan fingerprint density at radius 1 is 1.33 bits per heavy atom. The van der Waals surface area contributed by atoms with Crippen molar-refractivity contribution < 1.29 is 18.6 Å². The van der Waals surface area contributed by atoms with Crippen LogP contribution in [0.4, 0.5) is 4.39 Å². The third-order valence-electron chi connectivity index (χ3n) is 4.35. The third kappa shape index (κ3) is 2.31. The minimum absolute atomic E-state index is 0.140. The number of methoxy groups -OCH3 is 1. The van der Waals surface area contributed by atoms with E-state index in [1.165, 1.54) is 13.2 Å². The number of halogens is 2. The Morgan fingerprint density at radius 2 is 2.17 bits per heavy atom. The highest BCUT2D eigenvalue weighted by atomic mass is 79.9. The largest absolute Gasteiger partial charge is 0.497 e. The molecule has 2 atom stereocenters. The van der Waals surface area contributed by atoms with Gasteiger partial charge in [0.2, 0.25) is 0 Å². The molecule has 5 nitrogen and oxygen atoms in total. The van der Waals surface area contributed by atoms with Crippen LogP contribution < -0.4 is 20.5 Å². The fourth-order valence-corrected chi connectivity index (χ4v) is 3.66. The number of fused-ring (bicyclic) bond motifs is 4. The van der Waals surface area contributed by atoms with Crippen molar-refractivity contribution in [3.8, 4) is 17.2 Å². The van der Waals surface area contributed by atoms with E-state index in [1.807, 2.05) is 12.1 Å². The normalized spacial score (nSPS) is 24.9. The maximum absolute atomic E-state index is 14.6. The minimum atomic E-state index is -0.945. The Balaban J connectivity index is 2.00. The van der Waals surface area contributed by atoms with Crippen LogP contribution in [-0.2, 0) is 10.3 Å². The fourth-order valence-electron chi connectivity index (χ4n) is 3.30. The summed E-state index contributed by atoms with van der Waals surface area (Å²) in [5, 5.41) is 3.27. The van der Waals surface area contributed by atoms with Crippen molar-refractivity contribution in [2.75, 3.05) is 20.2 Å². The zero-order valence-electron chi connectivity index (χ0n) is 12.9. The first kappa shape index (κ1) is 15.8. The fraction of sp³-hybridized carbons (Fsp3) is 0.294. The number of benzene rings is 2. The first-order valence-corrected chi connectivity index (χ1v) is 8.33. The van der Waals surface area contributed by atoms with Gasteiger partial charge < -0.3 is 25.3 Å². The van der Waals surface area contributed by atoms with Crippen LogP contribution in [0.1, 0.15) is 11.1 Å². The van der Waals surface area contributed by atoms with E-state index in [0.29, 0.717) is 30.2 Å². The molecule has 1 saturated heterocycles. The lowest BCUT2D eigenvalue weighted by Crippen LogP contribution is -2.56. The minimum Gasteiger partial charge on any atom is -0.497 e. The van der Waals surface area contributed by atoms with Crippen LogP contribution >= 0.6 is 15.9 Å². The standard InChI is InChI=1S/C17H16BrFN2O3/c1-22-10-5-12-16(13(19)6-10)23-14-3-2-9(18)4-11(14)17(12)8-21-7-15(20)24-17/h2-6,15,21H,7-8,20H2,1H3/t15-,17?/m1/s1. The second kappa shape index (κ2) is 5.70. The van der Waals surface area contributed by atoms with Crippen molar-refractivity contribution in [1.82, 2.24) is 5.32 Å². The maximum Gasteiger partial charge on any atom is 0.169 e. The summed E-state index contributed by atoms with van der Waals surface area (Å²) in [6, 6.07) is 8.58. The molecule has 2 aliphatic rings. The van der Waals surface area contributed by atoms with Gasteiger partial charge in [-0.15, -0.1) is 0 Å². The Kier molecular flexibility index (Phi) is 3.76. The summed E-state index contributed by atoms with van der Waals surface area (Å²) in [5.41, 5.74) is 6.45. The number of nitrogens with two attached hydrogens (primary N) is 1. The zero-order chi connectivity index (χ0) is 16.9. The molecule has 0 radical (unpaired) electrons. The topological polar surface area (TPSA) is 65.7 Å². The van der Waals surface area contributed by atoms with Gasteiger partial charge >= 0.3 is 0 Å². The van der Waals surface area contributed by atoms with Crippen molar-refractivity contribution in [2.45, 2.75) is 11.8 Å². The van der Waals surface area contributed by atoms with E-state index in [0.717, 1.165) is 10.0 Å². The zero-order valence-corrected chi connectivity index (χ0v) is 14.5. The van der Waals surface area contributed by atoms with Crippen LogP contribution in [0.5, 0.6) is 17.2 Å². The highest BCUT2D eigenvalue weighted by Crippen LogP contribution is 2.52. The molecule has 0 amide bonds. The van der Waals surface area contributed by atoms with E-state index in [-0.39, 0.29) is 5.75 Å². The van der Waals surface area contributed by atoms with E-state index in [9.17, 15) is 4.39 Å². The Labute approximate surface area is 147 Å². The quantitative estimate of drug-likeness (QED) is 0.778. The molecule has 2 aromatic rings. The first-order valence-electron chi connectivity index (χ1n) is 7.53. The lowest BCUT2D eigenvalue weighted by molar-refractivity contribution is -0.0974. The van der Waals surface area contributed by atoms with Gasteiger partial charge in [-0.3, -0.25) is 0 Å². The highest BCUT2D eigenvalue weighted by molar-refractivity contribution is 9.10. The second-order valence-corrected chi connectivity index (χ2v) is 6.76. The van der Waals surface area contributed by atoms with Gasteiger partial charge in [-0.2, -0.15) is 0 Å². The van der Waals surface area contributed by atoms with Gasteiger partial charge in [-0.25, -0.2) is 4.39 Å². The number of rotatable bonds is 1. The molecule has 0 saturated carbocycles. The second-order valence-electron chi connectivity index (χ2n) is 5.84. The molecular formula is C17H16BrFN2O3. The summed E-state index contributed by atoms with van der Waals surface area (Å²) in [4.78, 5) is 0. The third-order valence-corrected chi connectivity index (χ3v) is 4.84. The SMILES string of the molecule is COc1cc(F)c2c(c1)C1(CNC[C@H](N)O1)c1cc(Br)ccc1O2. The number of ether oxygens (including phenoxy) is 3. The van der Waals surface area contributed by atoms with Crippen LogP contribution in [0.3, 0.4) is 0 Å². The molecule has 0 aromatic heterocycles. The monoisotopic (exact) mass is 394 g/mol. The van der Waals surface area contributed by atoms with Crippen molar-refractivity contribution in [3.63, 3.8) is 0 Å². The maximum atomic E-state index is 14.6. The molecule has 2 heterocycles. The Morgan fingerprint density at radius 3 is 2.92 bits per heavy atom. The Hall–Kier alpha value is -1.67. The summed E-state index contributed by atoms with van der Waals surface area (Å²) in [6.45, 7) is 0.973. The lowest BCUT2D eigenvalue weighted by Gasteiger charge is -2.44. The van der Waals surface area contributed by atoms with Gasteiger partial charge in [-0.05, 0) is 24.3 Å². The molecule has 3 N–H and O–H groups in total. The number of morpholine rings is 1. The van der Waals surface area contributed by atoms with E-state index < -0.39 is 17.6 Å². The van der Waals surface area contributed by atoms with Crippen LogP contribution in [0.25, 0.3) is 0 Å². The van der Waals surface area contributed by atoms with E-state index >= 15 is 0 Å². The predicted molar refractivity (Wildman–Crippen MR) is 89.9 cm³/mol. The van der Waals surface area contributed by atoms with Gasteiger partial charge in [0, 0.05) is 34.8 Å². The molecule has 4 rings (SSSR count). The molecule has 126 valence electrons. The summed E-state index contributed by atoms with van der Waals surface area (Å²) < 4.78 is 32.7. The molecule has 2 aromatic carbocycles. The molecule has 24 heavy (non-hydrogen) atoms. The number of nitrogens with one attached hydrogen (secondary N) is 1. The highest BCUT2D eigenvalue weighted by Gasteiger charge is 2.47. The van der Waals surface area contributed by atoms with Crippen molar-refractivity contribution in [1.29, 1.82) is 0 Å². The van der Waals surface area contributed by atoms with E-state index in [1.54, 1.807) is 12.1 Å². The van der Waals surface area contributed by atoms with Gasteiger partial charge in [0.05, 0.1) is 7.11 Å². The molecule has 2 aliphatic heterocycles. The molecular weight excluding hydrogens is 379 g/mol. The molecule has 1 spiro atoms. The summed E-state index contributed by atoms with van der Waals surface area (Å²) >= 11 is 3.48. The van der Waals surface area contributed by atoms with Crippen molar-refractivity contribution >= 4 is 15.9 Å². The summed E-state index contributed by atoms with van der Waals surface area (Å²) in [6.07, 6.45) is -0.522. The molecule has 0 aliphatic carbocycles. The molecule has 7 heteroatoms. The summed E-state index contributed by atoms with van der Waals surface area (Å²) in [7, 11) is 1.49. The van der Waals surface area contributed by atoms with Gasteiger partial charge in [0.25, 0.3) is 0 Å². The first-order chi connectivity index (χ1) is 11.5. The van der Waals surface area contributed by atoms with Gasteiger partial charge in [0.1, 0.15) is 23.3 Å². The van der Waals surface area contributed by atoms with E-state index in [4.69, 9.17) is 19.9 Å². The summed E-state index contributed by atoms with van der Waals surface area (Å²) in [5.74, 6) is 0.586. The average Bonchev–Trinajstić information content (AvgIpc) is 2.56. The van der Waals surface area contributed by atoms with Crippen LogP contribution in [0, 0.1) is 5.82 Å². The molecule has 1 fully saturated rings. The molecule has 0 bridgehead atoms.